The summed E-state index contributed by atoms with van der Waals surface area (Å²) >= 11 is 0. The van der Waals surface area contributed by atoms with Gasteiger partial charge in [0.2, 0.25) is 5.89 Å². The molecule has 0 aliphatic carbocycles. The number of nitrogens with zero attached hydrogens (tertiary/aromatic N) is 4. The van der Waals surface area contributed by atoms with Crippen molar-refractivity contribution in [3.63, 3.8) is 0 Å². The van der Waals surface area contributed by atoms with Gasteiger partial charge in [-0.25, -0.2) is 4.39 Å². The zero-order chi connectivity index (χ0) is 15.7. The normalized spacial score (nSPS) is 10.7. The van der Waals surface area contributed by atoms with Gasteiger partial charge >= 0.3 is 6.01 Å². The van der Waals surface area contributed by atoms with Crippen molar-refractivity contribution < 1.29 is 13.6 Å². The Labute approximate surface area is 124 Å². The molecule has 7 nitrogen and oxygen atoms in total. The average molecular weight is 301 g/mol. The monoisotopic (exact) mass is 301 g/mol. The van der Waals surface area contributed by atoms with Crippen LogP contribution >= 0.6 is 0 Å². The molecule has 1 aromatic carbocycles. The fourth-order valence-electron chi connectivity index (χ4n) is 1.84. The van der Waals surface area contributed by atoms with Crippen LogP contribution in [0.4, 0.5) is 10.4 Å². The molecule has 0 fully saturated rings. The highest BCUT2D eigenvalue weighted by Gasteiger charge is 2.15. The summed E-state index contributed by atoms with van der Waals surface area (Å²) in [4.78, 5) is 12.0. The van der Waals surface area contributed by atoms with Gasteiger partial charge in [0.1, 0.15) is 5.82 Å². The molecule has 0 aliphatic rings. The second kappa shape index (κ2) is 5.40. The zero-order valence-electron chi connectivity index (χ0n) is 11.9. The molecule has 8 heteroatoms. The summed E-state index contributed by atoms with van der Waals surface area (Å²) in [5.74, 6) is -0.754. The number of amides is 1. The summed E-state index contributed by atoms with van der Waals surface area (Å²) in [5.41, 5.74) is 1.52. The molecule has 0 unspecified atom stereocenters. The summed E-state index contributed by atoms with van der Waals surface area (Å²) in [6.45, 7) is 1.83. The fraction of sp³-hybridized carbons (Fsp3) is 0.143. The third kappa shape index (κ3) is 2.71. The maximum absolute atomic E-state index is 13.2. The lowest BCUT2D eigenvalue weighted by atomic mass is 10.2. The first-order valence-corrected chi connectivity index (χ1v) is 6.44. The Hall–Kier alpha value is -3.03. The minimum Gasteiger partial charge on any atom is -0.403 e. The van der Waals surface area contributed by atoms with Gasteiger partial charge in [0.25, 0.3) is 5.91 Å². The number of aromatic nitrogens is 4. The Balaban J connectivity index is 1.78. The summed E-state index contributed by atoms with van der Waals surface area (Å²) < 4.78 is 20.0. The van der Waals surface area contributed by atoms with E-state index in [0.717, 1.165) is 5.69 Å². The Bertz CT molecular complexity index is 820. The van der Waals surface area contributed by atoms with Gasteiger partial charge in [-0.05, 0) is 31.2 Å². The van der Waals surface area contributed by atoms with E-state index in [1.807, 2.05) is 6.92 Å². The van der Waals surface area contributed by atoms with Crippen LogP contribution in [0.25, 0.3) is 11.5 Å². The highest BCUT2D eigenvalue weighted by Crippen LogP contribution is 2.20. The standard InChI is InChI=1S/C14H12FN5O2/c1-8-6-11(19-20(8)2)12(21)16-14-18-17-13(22-14)9-4-3-5-10(15)7-9/h3-7H,1-2H3,(H,16,18,21). The molecule has 2 aromatic heterocycles. The van der Waals surface area contributed by atoms with Crippen LogP contribution in [0.3, 0.4) is 0 Å². The van der Waals surface area contributed by atoms with Gasteiger partial charge in [-0.2, -0.15) is 5.10 Å². The second-order valence-corrected chi connectivity index (χ2v) is 4.67. The quantitative estimate of drug-likeness (QED) is 0.801. The van der Waals surface area contributed by atoms with Crippen molar-refractivity contribution in [2.24, 2.45) is 7.05 Å². The topological polar surface area (TPSA) is 85.8 Å². The number of benzene rings is 1. The molecule has 0 bridgehead atoms. The molecule has 2 heterocycles. The highest BCUT2D eigenvalue weighted by atomic mass is 19.1. The molecule has 0 aliphatic heterocycles. The molecule has 0 saturated carbocycles. The molecular formula is C14H12FN5O2. The number of rotatable bonds is 3. The first-order valence-electron chi connectivity index (χ1n) is 6.44. The molecule has 3 aromatic rings. The van der Waals surface area contributed by atoms with Gasteiger partial charge in [-0.1, -0.05) is 11.2 Å². The van der Waals surface area contributed by atoms with Crippen molar-refractivity contribution in [1.82, 2.24) is 20.0 Å². The lowest BCUT2D eigenvalue weighted by Crippen LogP contribution is -2.13. The third-order valence-electron chi connectivity index (χ3n) is 3.06. The minimum absolute atomic E-state index is 0.0763. The number of hydrogen-bond donors (Lipinski definition) is 1. The number of hydrogen-bond acceptors (Lipinski definition) is 5. The molecule has 22 heavy (non-hydrogen) atoms. The van der Waals surface area contributed by atoms with Gasteiger partial charge in [0.15, 0.2) is 5.69 Å². The van der Waals surface area contributed by atoms with E-state index in [1.165, 1.54) is 18.2 Å². The first kappa shape index (κ1) is 13.9. The Morgan fingerprint density at radius 3 is 2.82 bits per heavy atom. The van der Waals surface area contributed by atoms with Crippen molar-refractivity contribution in [3.05, 3.63) is 47.5 Å². The molecule has 0 spiro atoms. The SMILES string of the molecule is Cc1cc(C(=O)Nc2nnc(-c3cccc(F)c3)o2)nn1C. The van der Waals surface area contributed by atoms with Crippen LogP contribution in [0.1, 0.15) is 16.2 Å². The van der Waals surface area contributed by atoms with Crippen molar-refractivity contribution in [2.75, 3.05) is 5.32 Å². The van der Waals surface area contributed by atoms with E-state index in [2.05, 4.69) is 20.6 Å². The lowest BCUT2D eigenvalue weighted by molar-refractivity contribution is 0.101. The zero-order valence-corrected chi connectivity index (χ0v) is 11.9. The van der Waals surface area contributed by atoms with Crippen LogP contribution in [-0.2, 0) is 7.05 Å². The Kier molecular flexibility index (Phi) is 3.42. The molecular weight excluding hydrogens is 289 g/mol. The van der Waals surface area contributed by atoms with E-state index in [0.29, 0.717) is 5.56 Å². The smallest absolute Gasteiger partial charge is 0.322 e. The molecule has 3 rings (SSSR count). The number of anilines is 1. The Morgan fingerprint density at radius 2 is 2.14 bits per heavy atom. The second-order valence-electron chi connectivity index (χ2n) is 4.67. The summed E-state index contributed by atoms with van der Waals surface area (Å²) in [7, 11) is 1.74. The van der Waals surface area contributed by atoms with Crippen LogP contribution in [0.15, 0.2) is 34.7 Å². The fourth-order valence-corrected chi connectivity index (χ4v) is 1.84. The number of carbonyl (C=O) groups excluding carboxylic acids is 1. The predicted molar refractivity (Wildman–Crippen MR) is 75.6 cm³/mol. The van der Waals surface area contributed by atoms with Crippen molar-refractivity contribution in [3.8, 4) is 11.5 Å². The van der Waals surface area contributed by atoms with Gasteiger partial charge in [-0.15, -0.1) is 5.10 Å². The maximum atomic E-state index is 13.2. The van der Waals surface area contributed by atoms with Crippen molar-refractivity contribution in [1.29, 1.82) is 0 Å². The van der Waals surface area contributed by atoms with E-state index in [9.17, 15) is 9.18 Å². The maximum Gasteiger partial charge on any atom is 0.322 e. The van der Waals surface area contributed by atoms with E-state index in [-0.39, 0.29) is 17.6 Å². The van der Waals surface area contributed by atoms with Gasteiger partial charge in [-0.3, -0.25) is 14.8 Å². The molecule has 0 saturated heterocycles. The van der Waals surface area contributed by atoms with Crippen molar-refractivity contribution >= 4 is 11.9 Å². The van der Waals surface area contributed by atoms with Gasteiger partial charge in [0.05, 0.1) is 0 Å². The largest absolute Gasteiger partial charge is 0.403 e. The summed E-state index contributed by atoms with van der Waals surface area (Å²) in [5, 5.41) is 14.0. The highest BCUT2D eigenvalue weighted by molar-refractivity contribution is 6.01. The molecule has 1 amide bonds. The molecule has 0 atom stereocenters. The van der Waals surface area contributed by atoms with E-state index in [4.69, 9.17) is 4.42 Å². The number of halogens is 1. The van der Waals surface area contributed by atoms with Crippen molar-refractivity contribution in [2.45, 2.75) is 6.92 Å². The van der Waals surface area contributed by atoms with Crippen LogP contribution in [0.5, 0.6) is 0 Å². The van der Waals surface area contributed by atoms with Gasteiger partial charge in [0, 0.05) is 18.3 Å². The summed E-state index contributed by atoms with van der Waals surface area (Å²) in [6.07, 6.45) is 0. The average Bonchev–Trinajstić information content (AvgIpc) is 3.07. The minimum atomic E-state index is -0.460. The molecule has 0 radical (unpaired) electrons. The predicted octanol–water partition coefficient (Wildman–Crippen LogP) is 2.17. The van der Waals surface area contributed by atoms with E-state index >= 15 is 0 Å². The van der Waals surface area contributed by atoms with E-state index in [1.54, 1.807) is 23.9 Å². The number of nitrogens with one attached hydrogen (secondary N) is 1. The lowest BCUT2D eigenvalue weighted by Gasteiger charge is -1.96. The summed E-state index contributed by atoms with van der Waals surface area (Å²) in [6, 6.07) is 7.30. The first-order chi connectivity index (χ1) is 10.5. The molecule has 1 N–H and O–H groups in total. The number of aryl methyl sites for hydroxylation is 2. The van der Waals surface area contributed by atoms with Crippen LogP contribution in [0.2, 0.25) is 0 Å². The molecule has 112 valence electrons. The van der Waals surface area contributed by atoms with Crippen LogP contribution in [0, 0.1) is 12.7 Å². The van der Waals surface area contributed by atoms with E-state index < -0.39 is 11.7 Å². The third-order valence-corrected chi connectivity index (χ3v) is 3.06. The Morgan fingerprint density at radius 1 is 1.32 bits per heavy atom. The van der Waals surface area contributed by atoms with Crippen LogP contribution in [-0.4, -0.2) is 25.9 Å². The van der Waals surface area contributed by atoms with Gasteiger partial charge < -0.3 is 4.42 Å². The number of carbonyl (C=O) groups is 1. The van der Waals surface area contributed by atoms with Crippen LogP contribution < -0.4 is 5.32 Å².